The molecule has 1 N–H and O–H groups in total. The number of carbonyl (C=O) groups is 1. The third-order valence-corrected chi connectivity index (χ3v) is 4.40. The number of anilines is 1. The Hall–Kier alpha value is -2.95. The Bertz CT molecular complexity index is 992. The SMILES string of the molecule is Cc1noc(-c2cncn(CCC(=O)Nc3nnc(CC(C)C)s3)c2=O)n1. The molecular weight excluding hydrogens is 370 g/mol. The lowest BCUT2D eigenvalue weighted by molar-refractivity contribution is -0.116. The third-order valence-electron chi connectivity index (χ3n) is 3.53. The van der Waals surface area contributed by atoms with E-state index < -0.39 is 0 Å². The molecule has 0 saturated heterocycles. The molecule has 0 aliphatic heterocycles. The van der Waals surface area contributed by atoms with Crippen LogP contribution in [0.4, 0.5) is 5.13 Å². The number of hydrogen-bond donors (Lipinski definition) is 1. The Labute approximate surface area is 158 Å². The Balaban J connectivity index is 1.62. The first-order chi connectivity index (χ1) is 12.9. The molecule has 3 heterocycles. The van der Waals surface area contributed by atoms with Crippen molar-refractivity contribution in [2.24, 2.45) is 5.92 Å². The van der Waals surface area contributed by atoms with Crippen LogP contribution in [-0.2, 0) is 17.8 Å². The van der Waals surface area contributed by atoms with E-state index in [1.165, 1.54) is 28.4 Å². The molecule has 3 aromatic heterocycles. The van der Waals surface area contributed by atoms with Gasteiger partial charge < -0.3 is 9.84 Å². The minimum atomic E-state index is -0.350. The second-order valence-electron chi connectivity index (χ2n) is 6.35. The first-order valence-electron chi connectivity index (χ1n) is 8.39. The number of aryl methyl sites for hydroxylation is 2. The fourth-order valence-corrected chi connectivity index (χ4v) is 3.27. The molecule has 0 fully saturated rings. The summed E-state index contributed by atoms with van der Waals surface area (Å²) in [7, 11) is 0. The van der Waals surface area contributed by atoms with Crippen molar-refractivity contribution in [2.45, 2.75) is 40.2 Å². The van der Waals surface area contributed by atoms with Gasteiger partial charge in [-0.05, 0) is 12.8 Å². The number of carbonyl (C=O) groups excluding carboxylic acids is 1. The number of rotatable bonds is 7. The molecule has 10 nitrogen and oxygen atoms in total. The third kappa shape index (κ3) is 4.82. The second kappa shape index (κ2) is 8.16. The second-order valence-corrected chi connectivity index (χ2v) is 7.41. The lowest BCUT2D eigenvalue weighted by Gasteiger charge is -2.05. The molecular formula is C16H19N7O3S. The van der Waals surface area contributed by atoms with Crippen LogP contribution in [0.5, 0.6) is 0 Å². The van der Waals surface area contributed by atoms with Gasteiger partial charge in [-0.3, -0.25) is 14.2 Å². The maximum atomic E-state index is 12.5. The lowest BCUT2D eigenvalue weighted by atomic mass is 10.1. The highest BCUT2D eigenvalue weighted by Gasteiger charge is 2.14. The van der Waals surface area contributed by atoms with Crippen LogP contribution in [0.1, 0.15) is 31.1 Å². The summed E-state index contributed by atoms with van der Waals surface area (Å²) in [5.74, 6) is 0.743. The van der Waals surface area contributed by atoms with Gasteiger partial charge >= 0.3 is 0 Å². The maximum absolute atomic E-state index is 12.5. The van der Waals surface area contributed by atoms with Crippen molar-refractivity contribution in [3.63, 3.8) is 0 Å². The molecule has 0 radical (unpaired) electrons. The number of amides is 1. The molecule has 3 aromatic rings. The predicted octanol–water partition coefficient (Wildman–Crippen LogP) is 1.68. The van der Waals surface area contributed by atoms with Gasteiger partial charge in [0.2, 0.25) is 11.0 Å². The van der Waals surface area contributed by atoms with E-state index in [0.717, 1.165) is 11.4 Å². The largest absolute Gasteiger partial charge is 0.334 e. The van der Waals surface area contributed by atoms with E-state index >= 15 is 0 Å². The summed E-state index contributed by atoms with van der Waals surface area (Å²) in [6, 6.07) is 0. The molecule has 3 rings (SSSR count). The van der Waals surface area contributed by atoms with Gasteiger partial charge in [-0.25, -0.2) is 4.98 Å². The Kier molecular flexibility index (Phi) is 5.69. The minimum absolute atomic E-state index is 0.0903. The van der Waals surface area contributed by atoms with E-state index in [1.54, 1.807) is 6.92 Å². The normalized spacial score (nSPS) is 11.1. The minimum Gasteiger partial charge on any atom is -0.334 e. The summed E-state index contributed by atoms with van der Waals surface area (Å²) in [5.41, 5.74) is -0.155. The van der Waals surface area contributed by atoms with E-state index in [2.05, 4.69) is 44.5 Å². The van der Waals surface area contributed by atoms with Crippen molar-refractivity contribution in [1.82, 2.24) is 29.9 Å². The average Bonchev–Trinajstić information content (AvgIpc) is 3.22. The van der Waals surface area contributed by atoms with Crippen LogP contribution in [0.25, 0.3) is 11.5 Å². The molecule has 0 aromatic carbocycles. The molecule has 27 heavy (non-hydrogen) atoms. The van der Waals surface area contributed by atoms with E-state index in [0.29, 0.717) is 16.9 Å². The monoisotopic (exact) mass is 389 g/mol. The zero-order valence-electron chi connectivity index (χ0n) is 15.2. The lowest BCUT2D eigenvalue weighted by Crippen LogP contribution is -2.24. The van der Waals surface area contributed by atoms with Crippen molar-refractivity contribution in [3.05, 3.63) is 33.7 Å². The molecule has 0 atom stereocenters. The summed E-state index contributed by atoms with van der Waals surface area (Å²) < 4.78 is 6.34. The molecule has 0 saturated carbocycles. The summed E-state index contributed by atoms with van der Waals surface area (Å²) >= 11 is 1.35. The van der Waals surface area contributed by atoms with Gasteiger partial charge in [-0.2, -0.15) is 4.98 Å². The summed E-state index contributed by atoms with van der Waals surface area (Å²) in [6.07, 6.45) is 3.64. The van der Waals surface area contributed by atoms with E-state index in [4.69, 9.17) is 4.52 Å². The van der Waals surface area contributed by atoms with Crippen molar-refractivity contribution < 1.29 is 9.32 Å². The van der Waals surface area contributed by atoms with Gasteiger partial charge in [0.1, 0.15) is 10.6 Å². The van der Waals surface area contributed by atoms with E-state index in [-0.39, 0.29) is 35.9 Å². The van der Waals surface area contributed by atoms with Gasteiger partial charge in [0.25, 0.3) is 11.4 Å². The highest BCUT2D eigenvalue weighted by atomic mass is 32.1. The van der Waals surface area contributed by atoms with Crippen LogP contribution in [0, 0.1) is 12.8 Å². The average molecular weight is 389 g/mol. The maximum Gasteiger partial charge on any atom is 0.266 e. The molecule has 11 heteroatoms. The van der Waals surface area contributed by atoms with Crippen LogP contribution in [0.2, 0.25) is 0 Å². The zero-order chi connectivity index (χ0) is 19.4. The molecule has 0 aliphatic carbocycles. The standard InChI is InChI=1S/C16H19N7O3S/c1-9(2)6-13-20-21-16(27-13)19-12(24)4-5-23-8-17-7-11(15(23)25)14-18-10(3)22-26-14/h7-9H,4-6H2,1-3H3,(H,19,21,24). The topological polar surface area (TPSA) is 129 Å². The molecule has 0 aliphatic rings. The molecule has 142 valence electrons. The molecule has 0 unspecified atom stereocenters. The molecule has 0 spiro atoms. The number of aromatic nitrogens is 6. The summed E-state index contributed by atoms with van der Waals surface area (Å²) in [5, 5.41) is 15.7. The Morgan fingerprint density at radius 2 is 2.19 bits per heavy atom. The summed E-state index contributed by atoms with van der Waals surface area (Å²) in [6.45, 7) is 6.01. The van der Waals surface area contributed by atoms with Gasteiger partial charge in [-0.1, -0.05) is 30.3 Å². The van der Waals surface area contributed by atoms with Crippen molar-refractivity contribution in [3.8, 4) is 11.5 Å². The zero-order valence-corrected chi connectivity index (χ0v) is 16.0. The highest BCUT2D eigenvalue weighted by molar-refractivity contribution is 7.15. The van der Waals surface area contributed by atoms with Crippen molar-refractivity contribution in [2.75, 3.05) is 5.32 Å². The smallest absolute Gasteiger partial charge is 0.266 e. The molecule has 1 amide bonds. The first kappa shape index (κ1) is 18.8. The van der Waals surface area contributed by atoms with Gasteiger partial charge in [-0.15, -0.1) is 10.2 Å². The van der Waals surface area contributed by atoms with Crippen LogP contribution < -0.4 is 10.9 Å². The van der Waals surface area contributed by atoms with Crippen molar-refractivity contribution in [1.29, 1.82) is 0 Å². The quantitative estimate of drug-likeness (QED) is 0.646. The van der Waals surface area contributed by atoms with Gasteiger partial charge in [0.15, 0.2) is 5.82 Å². The Morgan fingerprint density at radius 3 is 2.89 bits per heavy atom. The van der Waals surface area contributed by atoms with Crippen LogP contribution >= 0.6 is 11.3 Å². The van der Waals surface area contributed by atoms with Gasteiger partial charge in [0.05, 0.1) is 6.33 Å². The van der Waals surface area contributed by atoms with Crippen molar-refractivity contribution >= 4 is 22.4 Å². The number of nitrogens with one attached hydrogen (secondary N) is 1. The first-order valence-corrected chi connectivity index (χ1v) is 9.21. The number of hydrogen-bond acceptors (Lipinski definition) is 9. The van der Waals surface area contributed by atoms with Crippen LogP contribution in [0.15, 0.2) is 21.8 Å². The molecule has 0 bridgehead atoms. The Morgan fingerprint density at radius 1 is 1.37 bits per heavy atom. The van der Waals surface area contributed by atoms with E-state index in [9.17, 15) is 9.59 Å². The predicted molar refractivity (Wildman–Crippen MR) is 98.2 cm³/mol. The highest BCUT2D eigenvalue weighted by Crippen LogP contribution is 2.18. The number of nitrogens with zero attached hydrogens (tertiary/aromatic N) is 6. The van der Waals surface area contributed by atoms with Crippen LogP contribution in [0.3, 0.4) is 0 Å². The van der Waals surface area contributed by atoms with Crippen LogP contribution in [-0.4, -0.2) is 35.8 Å². The van der Waals surface area contributed by atoms with Gasteiger partial charge in [0, 0.05) is 25.6 Å². The summed E-state index contributed by atoms with van der Waals surface area (Å²) in [4.78, 5) is 32.7. The van der Waals surface area contributed by atoms with E-state index in [1.807, 2.05) is 0 Å². The fraction of sp³-hybridized carbons (Fsp3) is 0.438. The fourth-order valence-electron chi connectivity index (χ4n) is 2.30.